The fraction of sp³-hybridized carbons (Fsp3) is 0.692. The summed E-state index contributed by atoms with van der Waals surface area (Å²) >= 11 is 0. The molecule has 1 aromatic rings. The van der Waals surface area contributed by atoms with E-state index in [0.29, 0.717) is 6.54 Å². The minimum atomic E-state index is -0.556. The number of Topliss-reactive ketones (excluding diaryl/α,β-unsaturated/α-hetero) is 1. The second-order valence-electron chi connectivity index (χ2n) is 4.70. The molecule has 1 aromatic heterocycles. The van der Waals surface area contributed by atoms with E-state index in [1.165, 1.54) is 0 Å². The summed E-state index contributed by atoms with van der Waals surface area (Å²) in [6.45, 7) is 8.26. The molecule has 0 radical (unpaired) electrons. The van der Waals surface area contributed by atoms with Gasteiger partial charge in [0.05, 0.1) is 6.10 Å². The molecule has 96 valence electrons. The Morgan fingerprint density at radius 2 is 2.18 bits per heavy atom. The van der Waals surface area contributed by atoms with E-state index >= 15 is 0 Å². The maximum absolute atomic E-state index is 11.8. The normalized spacial score (nSPS) is 14.6. The number of nitrogens with zero attached hydrogens (tertiary/aromatic N) is 2. The van der Waals surface area contributed by atoms with Crippen LogP contribution in [0.4, 0.5) is 0 Å². The Morgan fingerprint density at radius 1 is 1.53 bits per heavy atom. The number of ketones is 1. The highest BCUT2D eigenvalue weighted by molar-refractivity contribution is 5.81. The molecular formula is C13H22N2O2. The van der Waals surface area contributed by atoms with E-state index in [9.17, 15) is 9.90 Å². The molecule has 1 N–H and O–H groups in total. The number of carbonyl (C=O) groups excluding carboxylic acids is 1. The van der Waals surface area contributed by atoms with Gasteiger partial charge in [0, 0.05) is 37.2 Å². The Balaban J connectivity index is 2.70. The minimum Gasteiger partial charge on any atom is -0.393 e. The summed E-state index contributed by atoms with van der Waals surface area (Å²) in [7, 11) is 0. The maximum Gasteiger partial charge on any atom is 0.140 e. The SMILES string of the molecule is CCc1ncc(C)n1CC(C)C(=O)CC(C)O. The molecule has 0 spiro atoms. The first-order valence-corrected chi connectivity index (χ1v) is 6.17. The molecule has 0 aliphatic heterocycles. The van der Waals surface area contributed by atoms with Crippen molar-refractivity contribution in [3.05, 3.63) is 17.7 Å². The quantitative estimate of drug-likeness (QED) is 0.821. The van der Waals surface area contributed by atoms with Gasteiger partial charge in [-0.1, -0.05) is 13.8 Å². The van der Waals surface area contributed by atoms with Gasteiger partial charge in [0.15, 0.2) is 0 Å². The van der Waals surface area contributed by atoms with Crippen LogP contribution in [0.3, 0.4) is 0 Å². The van der Waals surface area contributed by atoms with Crippen molar-refractivity contribution in [2.75, 3.05) is 0 Å². The molecule has 2 atom stereocenters. The molecule has 0 aliphatic rings. The summed E-state index contributed by atoms with van der Waals surface area (Å²) in [4.78, 5) is 16.1. The van der Waals surface area contributed by atoms with E-state index in [1.54, 1.807) is 6.92 Å². The second-order valence-corrected chi connectivity index (χ2v) is 4.70. The molecule has 1 heterocycles. The molecule has 4 heteroatoms. The Bertz CT molecular complexity index is 383. The Morgan fingerprint density at radius 3 is 2.71 bits per heavy atom. The Hall–Kier alpha value is -1.16. The average molecular weight is 238 g/mol. The van der Waals surface area contributed by atoms with Crippen molar-refractivity contribution in [3.63, 3.8) is 0 Å². The predicted molar refractivity (Wildman–Crippen MR) is 66.8 cm³/mol. The molecule has 0 aromatic carbocycles. The lowest BCUT2D eigenvalue weighted by atomic mass is 10.0. The first kappa shape index (κ1) is 13.9. The number of carbonyl (C=O) groups is 1. The summed E-state index contributed by atoms with van der Waals surface area (Å²) in [5.74, 6) is 1.04. The smallest absolute Gasteiger partial charge is 0.140 e. The third-order valence-corrected chi connectivity index (χ3v) is 2.96. The zero-order valence-corrected chi connectivity index (χ0v) is 11.1. The lowest BCUT2D eigenvalue weighted by Gasteiger charge is -2.15. The molecule has 0 amide bonds. The maximum atomic E-state index is 11.8. The van der Waals surface area contributed by atoms with Gasteiger partial charge in [-0.2, -0.15) is 0 Å². The molecule has 0 aliphatic carbocycles. The van der Waals surface area contributed by atoms with Crippen LogP contribution in [0.5, 0.6) is 0 Å². The lowest BCUT2D eigenvalue weighted by molar-refractivity contribution is -0.124. The third-order valence-electron chi connectivity index (χ3n) is 2.96. The topological polar surface area (TPSA) is 55.1 Å². The zero-order chi connectivity index (χ0) is 13.0. The van der Waals surface area contributed by atoms with Crippen molar-refractivity contribution in [1.82, 2.24) is 9.55 Å². The predicted octanol–water partition coefficient (Wildman–Crippen LogP) is 1.73. The van der Waals surface area contributed by atoms with Gasteiger partial charge < -0.3 is 9.67 Å². The van der Waals surface area contributed by atoms with Crippen molar-refractivity contribution in [1.29, 1.82) is 0 Å². The van der Waals surface area contributed by atoms with Gasteiger partial charge in [-0.25, -0.2) is 4.98 Å². The average Bonchev–Trinajstić information content (AvgIpc) is 2.59. The van der Waals surface area contributed by atoms with E-state index < -0.39 is 6.10 Å². The van der Waals surface area contributed by atoms with Crippen LogP contribution in [0.1, 0.15) is 38.7 Å². The Labute approximate surface area is 103 Å². The monoisotopic (exact) mass is 238 g/mol. The third kappa shape index (κ3) is 3.66. The van der Waals surface area contributed by atoms with Crippen LogP contribution < -0.4 is 0 Å². The number of aromatic nitrogens is 2. The van der Waals surface area contributed by atoms with Crippen LogP contribution in [0, 0.1) is 12.8 Å². The van der Waals surface area contributed by atoms with Gasteiger partial charge in [-0.05, 0) is 13.8 Å². The highest BCUT2D eigenvalue weighted by atomic mass is 16.3. The highest BCUT2D eigenvalue weighted by Gasteiger charge is 2.17. The largest absolute Gasteiger partial charge is 0.393 e. The van der Waals surface area contributed by atoms with Gasteiger partial charge in [0.2, 0.25) is 0 Å². The summed E-state index contributed by atoms with van der Waals surface area (Å²) in [5.41, 5.74) is 1.08. The zero-order valence-electron chi connectivity index (χ0n) is 11.1. The van der Waals surface area contributed by atoms with Crippen molar-refractivity contribution in [2.24, 2.45) is 5.92 Å². The standard InChI is InChI=1S/C13H22N2O2/c1-5-13-14-7-10(3)15(13)8-9(2)12(17)6-11(4)16/h7,9,11,16H,5-6,8H2,1-4H3. The minimum absolute atomic E-state index is 0.0807. The summed E-state index contributed by atoms with van der Waals surface area (Å²) < 4.78 is 2.09. The molecule has 2 unspecified atom stereocenters. The van der Waals surface area contributed by atoms with Crippen molar-refractivity contribution < 1.29 is 9.90 Å². The van der Waals surface area contributed by atoms with Gasteiger partial charge in [0.25, 0.3) is 0 Å². The van der Waals surface area contributed by atoms with Crippen LogP contribution in [-0.2, 0) is 17.8 Å². The second kappa shape index (κ2) is 5.96. The number of hydrogen-bond donors (Lipinski definition) is 1. The van der Waals surface area contributed by atoms with E-state index in [1.807, 2.05) is 20.0 Å². The number of hydrogen-bond acceptors (Lipinski definition) is 3. The fourth-order valence-electron chi connectivity index (χ4n) is 1.91. The molecular weight excluding hydrogens is 216 g/mol. The van der Waals surface area contributed by atoms with Gasteiger partial charge in [-0.15, -0.1) is 0 Å². The molecule has 1 rings (SSSR count). The molecule has 4 nitrogen and oxygen atoms in total. The number of rotatable bonds is 6. The Kier molecular flexibility index (Phi) is 4.87. The van der Waals surface area contributed by atoms with Crippen molar-refractivity contribution in [3.8, 4) is 0 Å². The van der Waals surface area contributed by atoms with Gasteiger partial charge in [0.1, 0.15) is 11.6 Å². The molecule has 17 heavy (non-hydrogen) atoms. The van der Waals surface area contributed by atoms with Crippen molar-refractivity contribution >= 4 is 5.78 Å². The number of aryl methyl sites for hydroxylation is 2. The number of imidazole rings is 1. The molecule has 0 bridgehead atoms. The van der Waals surface area contributed by atoms with Crippen LogP contribution in [0.15, 0.2) is 6.20 Å². The summed E-state index contributed by atoms with van der Waals surface area (Å²) in [5, 5.41) is 9.21. The van der Waals surface area contributed by atoms with E-state index in [0.717, 1.165) is 17.9 Å². The van der Waals surface area contributed by atoms with E-state index in [4.69, 9.17) is 0 Å². The van der Waals surface area contributed by atoms with Crippen LogP contribution in [0.2, 0.25) is 0 Å². The van der Waals surface area contributed by atoms with Crippen LogP contribution in [0.25, 0.3) is 0 Å². The van der Waals surface area contributed by atoms with E-state index in [2.05, 4.69) is 16.5 Å². The van der Waals surface area contributed by atoms with Crippen LogP contribution in [-0.4, -0.2) is 26.5 Å². The van der Waals surface area contributed by atoms with E-state index in [-0.39, 0.29) is 18.1 Å². The van der Waals surface area contributed by atoms with Gasteiger partial charge >= 0.3 is 0 Å². The first-order chi connectivity index (χ1) is 7.95. The number of aliphatic hydroxyl groups excluding tert-OH is 1. The van der Waals surface area contributed by atoms with Crippen LogP contribution >= 0.6 is 0 Å². The molecule has 0 fully saturated rings. The highest BCUT2D eigenvalue weighted by Crippen LogP contribution is 2.12. The summed E-state index contributed by atoms with van der Waals surface area (Å²) in [6, 6.07) is 0. The molecule has 0 saturated carbocycles. The lowest BCUT2D eigenvalue weighted by Crippen LogP contribution is -2.22. The summed E-state index contributed by atoms with van der Waals surface area (Å²) in [6.07, 6.45) is 2.38. The van der Waals surface area contributed by atoms with Gasteiger partial charge in [-0.3, -0.25) is 4.79 Å². The first-order valence-electron chi connectivity index (χ1n) is 6.17. The fourth-order valence-corrected chi connectivity index (χ4v) is 1.91. The van der Waals surface area contributed by atoms with Crippen molar-refractivity contribution in [2.45, 2.75) is 53.2 Å². The number of aliphatic hydroxyl groups is 1. The molecule has 0 saturated heterocycles.